The molecule has 6 heteroatoms. The number of para-hydroxylation sites is 1. The first-order valence-corrected chi connectivity index (χ1v) is 7.75. The van der Waals surface area contributed by atoms with Gasteiger partial charge in [0.05, 0.1) is 18.2 Å². The van der Waals surface area contributed by atoms with Crippen molar-refractivity contribution in [2.45, 2.75) is 6.04 Å². The molecule has 23 heavy (non-hydrogen) atoms. The van der Waals surface area contributed by atoms with Crippen LogP contribution in [-0.4, -0.2) is 16.7 Å². The number of aromatic nitrogens is 2. The van der Waals surface area contributed by atoms with Gasteiger partial charge in [-0.2, -0.15) is 0 Å². The van der Waals surface area contributed by atoms with Crippen LogP contribution >= 0.6 is 23.2 Å². The average Bonchev–Trinajstić information content (AvgIpc) is 3.06. The second-order valence-electron chi connectivity index (χ2n) is 4.94. The summed E-state index contributed by atoms with van der Waals surface area (Å²) in [7, 11) is 1.54. The van der Waals surface area contributed by atoms with E-state index in [4.69, 9.17) is 33.7 Å². The number of imidazole rings is 1. The maximum Gasteiger partial charge on any atom is 0.144 e. The molecule has 2 N–H and O–H groups in total. The highest BCUT2D eigenvalue weighted by Crippen LogP contribution is 2.39. The molecule has 0 spiro atoms. The Bertz CT molecular complexity index is 818. The molecular weight excluding hydrogens is 333 g/mol. The Morgan fingerprint density at radius 2 is 1.78 bits per heavy atom. The van der Waals surface area contributed by atoms with Crippen LogP contribution in [0.5, 0.6) is 5.75 Å². The molecule has 1 atom stereocenters. The molecule has 118 valence electrons. The molecule has 3 aromatic rings. The van der Waals surface area contributed by atoms with Crippen LogP contribution in [0.1, 0.15) is 17.4 Å². The summed E-state index contributed by atoms with van der Waals surface area (Å²) in [5.74, 6) is 1.12. The first-order chi connectivity index (χ1) is 11.1. The Morgan fingerprint density at radius 1 is 1.09 bits per heavy atom. The van der Waals surface area contributed by atoms with Gasteiger partial charge in [0.1, 0.15) is 11.6 Å². The Hall–Kier alpha value is -2.01. The molecule has 0 aliphatic heterocycles. The highest BCUT2D eigenvalue weighted by Gasteiger charge is 2.24. The zero-order valence-electron chi connectivity index (χ0n) is 12.4. The highest BCUT2D eigenvalue weighted by atomic mass is 35.5. The zero-order chi connectivity index (χ0) is 16.4. The number of nitrogens with two attached hydrogens (primary N) is 1. The van der Waals surface area contributed by atoms with E-state index in [-0.39, 0.29) is 0 Å². The SMILES string of the molecule is COc1c(Cl)ccc(Cl)c1C(N)c1nccn1-c1ccccc1. The second-order valence-corrected chi connectivity index (χ2v) is 5.76. The van der Waals surface area contributed by atoms with Gasteiger partial charge in [0.25, 0.3) is 0 Å². The molecule has 4 nitrogen and oxygen atoms in total. The lowest BCUT2D eigenvalue weighted by Gasteiger charge is -2.19. The number of halogens is 2. The summed E-state index contributed by atoms with van der Waals surface area (Å²) in [6, 6.07) is 12.6. The lowest BCUT2D eigenvalue weighted by atomic mass is 10.1. The third kappa shape index (κ3) is 2.93. The molecule has 1 heterocycles. The van der Waals surface area contributed by atoms with E-state index in [0.29, 0.717) is 27.2 Å². The lowest BCUT2D eigenvalue weighted by molar-refractivity contribution is 0.407. The van der Waals surface area contributed by atoms with Gasteiger partial charge in [0.15, 0.2) is 0 Å². The van der Waals surface area contributed by atoms with Crippen molar-refractivity contribution in [2.75, 3.05) is 7.11 Å². The molecule has 3 rings (SSSR count). The number of rotatable bonds is 4. The maximum atomic E-state index is 6.44. The molecular formula is C17H15Cl2N3O. The summed E-state index contributed by atoms with van der Waals surface area (Å²) in [6.45, 7) is 0. The van der Waals surface area contributed by atoms with E-state index in [1.807, 2.05) is 41.1 Å². The third-order valence-corrected chi connectivity index (χ3v) is 4.22. The molecule has 1 unspecified atom stereocenters. The molecule has 0 aliphatic carbocycles. The van der Waals surface area contributed by atoms with Gasteiger partial charge >= 0.3 is 0 Å². The van der Waals surface area contributed by atoms with Crippen LogP contribution in [0.15, 0.2) is 54.9 Å². The van der Waals surface area contributed by atoms with E-state index in [9.17, 15) is 0 Å². The number of methoxy groups -OCH3 is 1. The van der Waals surface area contributed by atoms with Crippen molar-refractivity contribution in [3.63, 3.8) is 0 Å². The van der Waals surface area contributed by atoms with Crippen molar-refractivity contribution in [3.8, 4) is 11.4 Å². The number of ether oxygens (including phenoxy) is 1. The van der Waals surface area contributed by atoms with Gasteiger partial charge in [-0.3, -0.25) is 0 Å². The molecule has 0 aliphatic rings. The van der Waals surface area contributed by atoms with Crippen molar-refractivity contribution in [1.29, 1.82) is 0 Å². The monoisotopic (exact) mass is 347 g/mol. The summed E-state index contributed by atoms with van der Waals surface area (Å²) in [6.07, 6.45) is 3.56. The minimum atomic E-state index is -0.577. The van der Waals surface area contributed by atoms with Crippen LogP contribution in [0.25, 0.3) is 5.69 Å². The van der Waals surface area contributed by atoms with Crippen molar-refractivity contribution in [3.05, 3.63) is 76.3 Å². The quantitative estimate of drug-likeness (QED) is 0.767. The van der Waals surface area contributed by atoms with E-state index in [0.717, 1.165) is 5.69 Å². The summed E-state index contributed by atoms with van der Waals surface area (Å²) in [4.78, 5) is 4.40. The van der Waals surface area contributed by atoms with E-state index in [2.05, 4.69) is 4.98 Å². The summed E-state index contributed by atoms with van der Waals surface area (Å²) >= 11 is 12.5. The van der Waals surface area contributed by atoms with Gasteiger partial charge in [-0.1, -0.05) is 41.4 Å². The third-order valence-electron chi connectivity index (χ3n) is 3.59. The first kappa shape index (κ1) is 15.9. The smallest absolute Gasteiger partial charge is 0.144 e. The van der Waals surface area contributed by atoms with Gasteiger partial charge in [0.2, 0.25) is 0 Å². The molecule has 0 radical (unpaired) electrons. The van der Waals surface area contributed by atoms with Gasteiger partial charge in [-0.05, 0) is 24.3 Å². The molecule has 0 saturated carbocycles. The standard InChI is InChI=1S/C17H15Cl2N3O/c1-23-16-13(19)8-7-12(18)14(16)15(20)17-21-9-10-22(17)11-5-3-2-4-6-11/h2-10,15H,20H2,1H3. The number of hydrogen-bond acceptors (Lipinski definition) is 3. The Kier molecular flexibility index (Phi) is 4.57. The van der Waals surface area contributed by atoms with Crippen LogP contribution in [0.3, 0.4) is 0 Å². The molecule has 1 aromatic heterocycles. The number of benzene rings is 2. The second kappa shape index (κ2) is 6.62. The predicted octanol–water partition coefficient (Wildman–Crippen LogP) is 4.24. The fraction of sp³-hybridized carbons (Fsp3) is 0.118. The maximum absolute atomic E-state index is 6.44. The molecule has 0 bridgehead atoms. The van der Waals surface area contributed by atoms with E-state index < -0.39 is 6.04 Å². The van der Waals surface area contributed by atoms with Gasteiger partial charge < -0.3 is 15.0 Å². The van der Waals surface area contributed by atoms with Crippen LogP contribution in [0.4, 0.5) is 0 Å². The van der Waals surface area contributed by atoms with Gasteiger partial charge in [-0.15, -0.1) is 0 Å². The molecule has 0 amide bonds. The van der Waals surface area contributed by atoms with E-state index in [1.165, 1.54) is 7.11 Å². The predicted molar refractivity (Wildman–Crippen MR) is 92.6 cm³/mol. The summed E-state index contributed by atoms with van der Waals surface area (Å²) in [5.41, 5.74) is 8.02. The lowest BCUT2D eigenvalue weighted by Crippen LogP contribution is -2.18. The van der Waals surface area contributed by atoms with Crippen LogP contribution in [0, 0.1) is 0 Å². The molecule has 0 fully saturated rings. The zero-order valence-corrected chi connectivity index (χ0v) is 13.9. The molecule has 2 aromatic carbocycles. The largest absolute Gasteiger partial charge is 0.495 e. The average molecular weight is 348 g/mol. The Labute approximate surface area is 144 Å². The van der Waals surface area contributed by atoms with Crippen molar-refractivity contribution in [1.82, 2.24) is 9.55 Å². The van der Waals surface area contributed by atoms with Gasteiger partial charge in [-0.25, -0.2) is 4.98 Å². The highest BCUT2D eigenvalue weighted by molar-refractivity contribution is 6.35. The fourth-order valence-electron chi connectivity index (χ4n) is 2.53. The number of nitrogens with zero attached hydrogens (tertiary/aromatic N) is 2. The minimum absolute atomic E-state index is 0.458. The normalized spacial score (nSPS) is 12.2. The van der Waals surface area contributed by atoms with Crippen LogP contribution < -0.4 is 10.5 Å². The van der Waals surface area contributed by atoms with Gasteiger partial charge in [0, 0.05) is 28.7 Å². The summed E-state index contributed by atoms with van der Waals surface area (Å²) in [5, 5.41) is 0.946. The van der Waals surface area contributed by atoms with E-state index in [1.54, 1.807) is 18.3 Å². The molecule has 0 saturated heterocycles. The minimum Gasteiger partial charge on any atom is -0.495 e. The van der Waals surface area contributed by atoms with E-state index >= 15 is 0 Å². The van der Waals surface area contributed by atoms with Crippen LogP contribution in [0.2, 0.25) is 10.0 Å². The topological polar surface area (TPSA) is 53.1 Å². The Balaban J connectivity index is 2.12. The van der Waals surface area contributed by atoms with Crippen molar-refractivity contribution >= 4 is 23.2 Å². The number of hydrogen-bond donors (Lipinski definition) is 1. The van der Waals surface area contributed by atoms with Crippen molar-refractivity contribution < 1.29 is 4.74 Å². The van der Waals surface area contributed by atoms with Crippen molar-refractivity contribution in [2.24, 2.45) is 5.73 Å². The first-order valence-electron chi connectivity index (χ1n) is 6.99. The Morgan fingerprint density at radius 3 is 2.48 bits per heavy atom. The fourth-order valence-corrected chi connectivity index (χ4v) is 3.04. The van der Waals surface area contributed by atoms with Crippen LogP contribution in [-0.2, 0) is 0 Å². The summed E-state index contributed by atoms with van der Waals surface area (Å²) < 4.78 is 7.31.